The first-order valence-corrected chi connectivity index (χ1v) is 7.85. The molecule has 0 aromatic carbocycles. The van der Waals surface area contributed by atoms with Crippen LogP contribution in [0.5, 0.6) is 0 Å². The summed E-state index contributed by atoms with van der Waals surface area (Å²) >= 11 is 0. The van der Waals surface area contributed by atoms with Crippen molar-refractivity contribution in [2.45, 2.75) is 65.2 Å². The molecule has 2 aliphatic rings. The highest BCUT2D eigenvalue weighted by Gasteiger charge is 2.30. The minimum atomic E-state index is 0.0833. The van der Waals surface area contributed by atoms with Crippen molar-refractivity contribution in [1.82, 2.24) is 0 Å². The molecule has 4 atom stereocenters. The topological polar surface area (TPSA) is 26.3 Å². The number of esters is 1. The second kappa shape index (κ2) is 6.58. The first kappa shape index (κ1) is 13.9. The van der Waals surface area contributed by atoms with E-state index < -0.39 is 0 Å². The highest BCUT2D eigenvalue weighted by molar-refractivity contribution is 5.72. The second-order valence-corrected chi connectivity index (χ2v) is 6.52. The minimum absolute atomic E-state index is 0.0833. The van der Waals surface area contributed by atoms with Crippen molar-refractivity contribution in [2.24, 2.45) is 23.7 Å². The van der Waals surface area contributed by atoms with E-state index in [-0.39, 0.29) is 11.9 Å². The van der Waals surface area contributed by atoms with Gasteiger partial charge in [0, 0.05) is 0 Å². The van der Waals surface area contributed by atoms with E-state index in [1.165, 1.54) is 44.9 Å². The molecule has 0 saturated heterocycles. The van der Waals surface area contributed by atoms with Crippen LogP contribution in [0.1, 0.15) is 65.2 Å². The van der Waals surface area contributed by atoms with Gasteiger partial charge in [-0.15, -0.1) is 0 Å². The van der Waals surface area contributed by atoms with E-state index >= 15 is 0 Å². The standard InChI is InChI=1S/C16H28O2/c1-12-7-3-5-9-14(12)11-18-16(17)15-10-6-4-8-13(15)2/h12-15H,3-11H2,1-2H3. The fourth-order valence-electron chi connectivity index (χ4n) is 3.60. The quantitative estimate of drug-likeness (QED) is 0.704. The summed E-state index contributed by atoms with van der Waals surface area (Å²) in [6.45, 7) is 5.18. The average molecular weight is 252 g/mol. The van der Waals surface area contributed by atoms with E-state index in [0.717, 1.165) is 12.3 Å². The smallest absolute Gasteiger partial charge is 0.309 e. The van der Waals surface area contributed by atoms with Gasteiger partial charge in [0.25, 0.3) is 0 Å². The number of carbonyl (C=O) groups excluding carboxylic acids is 1. The molecule has 0 amide bonds. The summed E-state index contributed by atoms with van der Waals surface area (Å²) in [6.07, 6.45) is 9.93. The van der Waals surface area contributed by atoms with Crippen molar-refractivity contribution in [1.29, 1.82) is 0 Å². The Bertz CT molecular complexity index is 274. The summed E-state index contributed by atoms with van der Waals surface area (Å²) in [7, 11) is 0. The van der Waals surface area contributed by atoms with Crippen LogP contribution in [0.15, 0.2) is 0 Å². The zero-order valence-corrected chi connectivity index (χ0v) is 12.0. The number of ether oxygens (including phenoxy) is 1. The van der Waals surface area contributed by atoms with E-state index in [1.807, 2.05) is 0 Å². The summed E-state index contributed by atoms with van der Waals surface area (Å²) in [5.74, 6) is 2.13. The zero-order valence-electron chi connectivity index (χ0n) is 12.0. The Kier molecular flexibility index (Phi) is 5.08. The van der Waals surface area contributed by atoms with Crippen LogP contribution < -0.4 is 0 Å². The molecule has 2 saturated carbocycles. The molecule has 2 nitrogen and oxygen atoms in total. The van der Waals surface area contributed by atoms with E-state index in [2.05, 4.69) is 13.8 Å². The van der Waals surface area contributed by atoms with Crippen LogP contribution in [-0.2, 0) is 9.53 Å². The van der Waals surface area contributed by atoms with Crippen LogP contribution in [0.25, 0.3) is 0 Å². The molecule has 0 spiro atoms. The molecule has 2 heteroatoms. The van der Waals surface area contributed by atoms with Crippen molar-refractivity contribution in [3.63, 3.8) is 0 Å². The lowest BCUT2D eigenvalue weighted by Crippen LogP contribution is -2.30. The molecule has 0 heterocycles. The lowest BCUT2D eigenvalue weighted by molar-refractivity contribution is -0.153. The molecule has 2 fully saturated rings. The van der Waals surface area contributed by atoms with Gasteiger partial charge in [0.05, 0.1) is 12.5 Å². The third-order valence-corrected chi connectivity index (χ3v) is 5.14. The monoisotopic (exact) mass is 252 g/mol. The predicted octanol–water partition coefficient (Wildman–Crippen LogP) is 4.18. The van der Waals surface area contributed by atoms with E-state index in [0.29, 0.717) is 18.4 Å². The number of rotatable bonds is 3. The Morgan fingerprint density at radius 3 is 2.22 bits per heavy atom. The molecule has 0 aromatic rings. The van der Waals surface area contributed by atoms with Gasteiger partial charge in [-0.05, 0) is 37.0 Å². The van der Waals surface area contributed by atoms with Crippen molar-refractivity contribution in [2.75, 3.05) is 6.61 Å². The second-order valence-electron chi connectivity index (χ2n) is 6.52. The molecule has 0 bridgehead atoms. The Morgan fingerprint density at radius 1 is 0.944 bits per heavy atom. The maximum atomic E-state index is 12.1. The molecule has 0 radical (unpaired) electrons. The van der Waals surface area contributed by atoms with Crippen molar-refractivity contribution in [3.8, 4) is 0 Å². The molecular formula is C16H28O2. The first-order chi connectivity index (χ1) is 8.68. The summed E-state index contributed by atoms with van der Waals surface area (Å²) in [5.41, 5.74) is 0. The summed E-state index contributed by atoms with van der Waals surface area (Å²) in [5, 5.41) is 0. The van der Waals surface area contributed by atoms with Crippen LogP contribution in [-0.4, -0.2) is 12.6 Å². The maximum Gasteiger partial charge on any atom is 0.309 e. The van der Waals surface area contributed by atoms with Gasteiger partial charge < -0.3 is 4.74 Å². The van der Waals surface area contributed by atoms with Gasteiger partial charge >= 0.3 is 5.97 Å². The number of hydrogen-bond donors (Lipinski definition) is 0. The molecule has 0 N–H and O–H groups in total. The van der Waals surface area contributed by atoms with Gasteiger partial charge in [0.1, 0.15) is 0 Å². The van der Waals surface area contributed by atoms with E-state index in [9.17, 15) is 4.79 Å². The normalized spacial score (nSPS) is 37.2. The number of carbonyl (C=O) groups is 1. The van der Waals surface area contributed by atoms with Gasteiger partial charge in [-0.2, -0.15) is 0 Å². The molecule has 4 unspecified atom stereocenters. The van der Waals surface area contributed by atoms with Crippen LogP contribution in [0.4, 0.5) is 0 Å². The fourth-order valence-corrected chi connectivity index (χ4v) is 3.60. The SMILES string of the molecule is CC1CCCCC1COC(=O)C1CCCCC1C. The third-order valence-electron chi connectivity index (χ3n) is 5.14. The third kappa shape index (κ3) is 3.49. The summed E-state index contributed by atoms with van der Waals surface area (Å²) in [4.78, 5) is 12.1. The Morgan fingerprint density at radius 2 is 1.56 bits per heavy atom. The summed E-state index contributed by atoms with van der Waals surface area (Å²) in [6, 6.07) is 0. The van der Waals surface area contributed by atoms with E-state index in [1.54, 1.807) is 0 Å². The Labute approximate surface area is 111 Å². The van der Waals surface area contributed by atoms with Crippen molar-refractivity contribution < 1.29 is 9.53 Å². The Balaban J connectivity index is 1.76. The van der Waals surface area contributed by atoms with Gasteiger partial charge in [-0.25, -0.2) is 0 Å². The molecule has 2 aliphatic carbocycles. The van der Waals surface area contributed by atoms with Crippen LogP contribution in [0.2, 0.25) is 0 Å². The Hall–Kier alpha value is -0.530. The van der Waals surface area contributed by atoms with Crippen LogP contribution in [0, 0.1) is 23.7 Å². The average Bonchev–Trinajstić information content (AvgIpc) is 2.38. The van der Waals surface area contributed by atoms with Crippen LogP contribution in [0.3, 0.4) is 0 Å². The minimum Gasteiger partial charge on any atom is -0.465 e. The molecule has 2 rings (SSSR count). The highest BCUT2D eigenvalue weighted by atomic mass is 16.5. The lowest BCUT2D eigenvalue weighted by Gasteiger charge is -2.30. The molecule has 104 valence electrons. The highest BCUT2D eigenvalue weighted by Crippen LogP contribution is 2.32. The van der Waals surface area contributed by atoms with Gasteiger partial charge in [-0.1, -0.05) is 46.0 Å². The van der Waals surface area contributed by atoms with Gasteiger partial charge in [0.15, 0.2) is 0 Å². The van der Waals surface area contributed by atoms with Gasteiger partial charge in [0.2, 0.25) is 0 Å². The fraction of sp³-hybridized carbons (Fsp3) is 0.938. The molecule has 18 heavy (non-hydrogen) atoms. The van der Waals surface area contributed by atoms with Crippen LogP contribution >= 0.6 is 0 Å². The summed E-state index contributed by atoms with van der Waals surface area (Å²) < 4.78 is 5.62. The van der Waals surface area contributed by atoms with Crippen molar-refractivity contribution in [3.05, 3.63) is 0 Å². The lowest BCUT2D eigenvalue weighted by atomic mass is 9.80. The zero-order chi connectivity index (χ0) is 13.0. The molecular weight excluding hydrogens is 224 g/mol. The predicted molar refractivity (Wildman–Crippen MR) is 73.2 cm³/mol. The first-order valence-electron chi connectivity index (χ1n) is 7.85. The molecule has 0 aromatic heterocycles. The largest absolute Gasteiger partial charge is 0.465 e. The number of hydrogen-bond acceptors (Lipinski definition) is 2. The van der Waals surface area contributed by atoms with E-state index in [4.69, 9.17) is 4.74 Å². The van der Waals surface area contributed by atoms with Gasteiger partial charge in [-0.3, -0.25) is 4.79 Å². The van der Waals surface area contributed by atoms with Crippen molar-refractivity contribution >= 4 is 5.97 Å². The molecule has 0 aliphatic heterocycles. The maximum absolute atomic E-state index is 12.1.